The van der Waals surface area contributed by atoms with Crippen LogP contribution in [0.25, 0.3) is 0 Å². The van der Waals surface area contributed by atoms with Crippen LogP contribution in [0, 0.1) is 10.8 Å². The maximum atomic E-state index is 4.75. The largest absolute Gasteiger partial charge is 0.370 e. The van der Waals surface area contributed by atoms with Crippen molar-refractivity contribution in [2.75, 3.05) is 17.2 Å². The number of hydrogen-bond acceptors (Lipinski definition) is 4. The Morgan fingerprint density at radius 1 is 1.10 bits per heavy atom. The molecule has 2 saturated carbocycles. The van der Waals surface area contributed by atoms with Crippen molar-refractivity contribution in [3.05, 3.63) is 11.9 Å². The van der Waals surface area contributed by atoms with E-state index in [1.807, 2.05) is 0 Å². The molecule has 0 atom stereocenters. The van der Waals surface area contributed by atoms with Crippen molar-refractivity contribution in [1.82, 2.24) is 9.97 Å². The van der Waals surface area contributed by atoms with Crippen LogP contribution in [0.4, 0.5) is 11.6 Å². The highest BCUT2D eigenvalue weighted by atomic mass is 15.1. The summed E-state index contributed by atoms with van der Waals surface area (Å²) in [5.74, 6) is 3.53. The lowest BCUT2D eigenvalue weighted by molar-refractivity contribution is 0.457. The van der Waals surface area contributed by atoms with Gasteiger partial charge in [-0.15, -0.1) is 0 Å². The SMILES string of the molecule is CCCNc1cc(NC2C(C)(C)C2(C)C)nc(C2CC2)n1. The quantitative estimate of drug-likeness (QED) is 0.830. The van der Waals surface area contributed by atoms with Crippen LogP contribution in [0.3, 0.4) is 0 Å². The first-order valence-electron chi connectivity index (χ1n) is 8.25. The van der Waals surface area contributed by atoms with Gasteiger partial charge in [0.25, 0.3) is 0 Å². The van der Waals surface area contributed by atoms with Crippen molar-refractivity contribution in [2.45, 2.75) is 65.8 Å². The molecule has 0 bridgehead atoms. The van der Waals surface area contributed by atoms with Crippen LogP contribution in [0.5, 0.6) is 0 Å². The summed E-state index contributed by atoms with van der Waals surface area (Å²) < 4.78 is 0. The topological polar surface area (TPSA) is 49.8 Å². The number of anilines is 2. The van der Waals surface area contributed by atoms with Gasteiger partial charge >= 0.3 is 0 Å². The number of nitrogens with one attached hydrogen (secondary N) is 2. The van der Waals surface area contributed by atoms with E-state index >= 15 is 0 Å². The zero-order valence-corrected chi connectivity index (χ0v) is 14.0. The van der Waals surface area contributed by atoms with Crippen LogP contribution in [0.2, 0.25) is 0 Å². The van der Waals surface area contributed by atoms with Crippen LogP contribution < -0.4 is 10.6 Å². The highest BCUT2D eigenvalue weighted by Crippen LogP contribution is 2.63. The van der Waals surface area contributed by atoms with Gasteiger partial charge in [-0.1, -0.05) is 34.6 Å². The van der Waals surface area contributed by atoms with Crippen LogP contribution in [-0.2, 0) is 0 Å². The standard InChI is InChI=1S/C17H28N4/c1-6-9-18-12-10-13(20-14(19-12)11-7-8-11)21-15-16(2,3)17(15,4)5/h10-11,15H,6-9H2,1-5H3,(H2,18,19,20,21). The molecule has 0 saturated heterocycles. The van der Waals surface area contributed by atoms with E-state index in [0.29, 0.717) is 22.8 Å². The van der Waals surface area contributed by atoms with Gasteiger partial charge in [0.2, 0.25) is 0 Å². The molecular formula is C17H28N4. The van der Waals surface area contributed by atoms with E-state index in [9.17, 15) is 0 Å². The summed E-state index contributed by atoms with van der Waals surface area (Å²) in [6.45, 7) is 12.4. The Kier molecular flexibility index (Phi) is 3.38. The first-order valence-corrected chi connectivity index (χ1v) is 8.25. The molecule has 1 aromatic heterocycles. The van der Waals surface area contributed by atoms with E-state index < -0.39 is 0 Å². The minimum atomic E-state index is 0.314. The van der Waals surface area contributed by atoms with Crippen molar-refractivity contribution in [1.29, 1.82) is 0 Å². The van der Waals surface area contributed by atoms with Crippen molar-refractivity contribution < 1.29 is 0 Å². The molecule has 0 amide bonds. The Hall–Kier alpha value is -1.32. The lowest BCUT2D eigenvalue weighted by Crippen LogP contribution is -2.13. The normalized spacial score (nSPS) is 22.9. The molecule has 4 heteroatoms. The highest BCUT2D eigenvalue weighted by Gasteiger charge is 2.65. The second-order valence-electron chi connectivity index (χ2n) is 7.72. The molecule has 3 rings (SSSR count). The summed E-state index contributed by atoms with van der Waals surface area (Å²) in [6, 6.07) is 2.54. The molecule has 2 aliphatic rings. The number of hydrogen-bond donors (Lipinski definition) is 2. The molecule has 0 aromatic carbocycles. The lowest BCUT2D eigenvalue weighted by atomic mass is 10.0. The summed E-state index contributed by atoms with van der Waals surface area (Å²) in [6.07, 6.45) is 3.57. The van der Waals surface area contributed by atoms with E-state index in [4.69, 9.17) is 4.98 Å². The molecule has 0 unspecified atom stereocenters. The molecule has 0 aliphatic heterocycles. The summed E-state index contributed by atoms with van der Waals surface area (Å²) in [5.41, 5.74) is 0.628. The average Bonchev–Trinajstić information content (AvgIpc) is 3.31. The zero-order chi connectivity index (χ0) is 15.3. The molecule has 4 nitrogen and oxygen atoms in total. The summed E-state index contributed by atoms with van der Waals surface area (Å²) in [4.78, 5) is 9.42. The number of nitrogens with zero attached hydrogens (tertiary/aromatic N) is 2. The minimum absolute atomic E-state index is 0.314. The molecule has 0 radical (unpaired) electrons. The number of aromatic nitrogens is 2. The summed E-state index contributed by atoms with van der Waals surface area (Å²) in [5, 5.41) is 7.05. The maximum Gasteiger partial charge on any atom is 0.136 e. The van der Waals surface area contributed by atoms with E-state index in [2.05, 4.69) is 56.3 Å². The Labute approximate surface area is 128 Å². The van der Waals surface area contributed by atoms with Crippen LogP contribution >= 0.6 is 0 Å². The van der Waals surface area contributed by atoms with Crippen LogP contribution in [0.15, 0.2) is 6.07 Å². The average molecular weight is 288 g/mol. The smallest absolute Gasteiger partial charge is 0.136 e. The summed E-state index contributed by atoms with van der Waals surface area (Å²) in [7, 11) is 0. The fraction of sp³-hybridized carbons (Fsp3) is 0.765. The van der Waals surface area contributed by atoms with E-state index in [1.54, 1.807) is 0 Å². The minimum Gasteiger partial charge on any atom is -0.370 e. The first-order chi connectivity index (χ1) is 9.86. The Morgan fingerprint density at radius 3 is 2.24 bits per heavy atom. The molecule has 21 heavy (non-hydrogen) atoms. The molecule has 2 fully saturated rings. The predicted molar refractivity (Wildman–Crippen MR) is 87.8 cm³/mol. The van der Waals surface area contributed by atoms with Gasteiger partial charge in [-0.05, 0) is 30.1 Å². The third kappa shape index (κ3) is 2.60. The van der Waals surface area contributed by atoms with E-state index in [1.165, 1.54) is 12.8 Å². The van der Waals surface area contributed by atoms with Gasteiger partial charge in [0.05, 0.1) is 0 Å². The second kappa shape index (κ2) is 4.85. The molecule has 1 aromatic rings. The fourth-order valence-electron chi connectivity index (χ4n) is 3.11. The predicted octanol–water partition coefficient (Wildman–Crippen LogP) is 4.02. The monoisotopic (exact) mass is 288 g/mol. The Bertz CT molecular complexity index is 518. The van der Waals surface area contributed by atoms with Gasteiger partial charge < -0.3 is 10.6 Å². The van der Waals surface area contributed by atoms with Gasteiger partial charge in [-0.25, -0.2) is 9.97 Å². The molecule has 2 aliphatic carbocycles. The fourth-order valence-corrected chi connectivity index (χ4v) is 3.11. The van der Waals surface area contributed by atoms with Gasteiger partial charge in [0.15, 0.2) is 0 Å². The van der Waals surface area contributed by atoms with Gasteiger partial charge in [-0.3, -0.25) is 0 Å². The van der Waals surface area contributed by atoms with Crippen LogP contribution in [0.1, 0.15) is 65.6 Å². The van der Waals surface area contributed by atoms with Crippen molar-refractivity contribution in [3.8, 4) is 0 Å². The van der Waals surface area contributed by atoms with Crippen molar-refractivity contribution >= 4 is 11.6 Å². The highest BCUT2D eigenvalue weighted by molar-refractivity contribution is 5.51. The maximum absolute atomic E-state index is 4.75. The van der Waals surface area contributed by atoms with Gasteiger partial charge in [0.1, 0.15) is 17.5 Å². The Morgan fingerprint density at radius 2 is 1.71 bits per heavy atom. The first kappa shape index (κ1) is 14.6. The van der Waals surface area contributed by atoms with Gasteiger partial charge in [0, 0.05) is 24.6 Å². The molecular weight excluding hydrogens is 260 g/mol. The van der Waals surface area contributed by atoms with Crippen molar-refractivity contribution in [3.63, 3.8) is 0 Å². The zero-order valence-electron chi connectivity index (χ0n) is 14.0. The van der Waals surface area contributed by atoms with Crippen molar-refractivity contribution in [2.24, 2.45) is 10.8 Å². The second-order valence-corrected chi connectivity index (χ2v) is 7.72. The van der Waals surface area contributed by atoms with E-state index in [-0.39, 0.29) is 0 Å². The molecule has 116 valence electrons. The van der Waals surface area contributed by atoms with Crippen LogP contribution in [-0.4, -0.2) is 22.6 Å². The Balaban J connectivity index is 1.79. The third-order valence-electron chi connectivity index (χ3n) is 5.56. The number of rotatable bonds is 6. The van der Waals surface area contributed by atoms with Gasteiger partial charge in [-0.2, -0.15) is 0 Å². The van der Waals surface area contributed by atoms with E-state index in [0.717, 1.165) is 30.4 Å². The summed E-state index contributed by atoms with van der Waals surface area (Å²) >= 11 is 0. The molecule has 1 heterocycles. The third-order valence-corrected chi connectivity index (χ3v) is 5.56. The molecule has 0 spiro atoms. The molecule has 2 N–H and O–H groups in total. The lowest BCUT2D eigenvalue weighted by Gasteiger charge is -2.12.